The molecule has 1 aliphatic rings. The number of hydrogen-bond donors (Lipinski definition) is 1. The second kappa shape index (κ2) is 6.33. The van der Waals surface area contributed by atoms with E-state index in [0.717, 1.165) is 6.54 Å². The van der Waals surface area contributed by atoms with Crippen molar-refractivity contribution in [3.63, 3.8) is 0 Å². The van der Waals surface area contributed by atoms with E-state index in [0.29, 0.717) is 24.1 Å². The second-order valence-corrected chi connectivity index (χ2v) is 5.95. The summed E-state index contributed by atoms with van der Waals surface area (Å²) in [4.78, 5) is 12.6. The third-order valence-corrected chi connectivity index (χ3v) is 3.54. The summed E-state index contributed by atoms with van der Waals surface area (Å²) in [6.07, 6.45) is 1.71. The first-order valence-corrected chi connectivity index (χ1v) is 7.14. The molecule has 110 valence electrons. The maximum absolute atomic E-state index is 10.8. The number of aliphatic hydroxyl groups is 1. The first kappa shape index (κ1) is 14.9. The highest BCUT2D eigenvalue weighted by Crippen LogP contribution is 2.30. The van der Waals surface area contributed by atoms with E-state index in [1.54, 1.807) is 12.1 Å². The van der Waals surface area contributed by atoms with Crippen LogP contribution in [0.2, 0.25) is 0 Å². The molecule has 1 fully saturated rings. The van der Waals surface area contributed by atoms with Gasteiger partial charge in [0.05, 0.1) is 11.0 Å². The second-order valence-electron chi connectivity index (χ2n) is 5.95. The predicted molar refractivity (Wildman–Crippen MR) is 77.5 cm³/mol. The molecule has 0 spiro atoms. The van der Waals surface area contributed by atoms with E-state index in [1.807, 2.05) is 0 Å². The van der Waals surface area contributed by atoms with Crippen molar-refractivity contribution in [2.45, 2.75) is 38.8 Å². The van der Waals surface area contributed by atoms with Crippen LogP contribution < -0.4 is 0 Å². The van der Waals surface area contributed by atoms with Crippen molar-refractivity contribution >= 4 is 5.69 Å². The minimum atomic E-state index is -0.672. The molecule has 5 heteroatoms. The Hall–Kier alpha value is -1.46. The molecular formula is C15H22N2O3. The van der Waals surface area contributed by atoms with Crippen LogP contribution >= 0.6 is 0 Å². The van der Waals surface area contributed by atoms with Crippen LogP contribution in [0.4, 0.5) is 5.69 Å². The van der Waals surface area contributed by atoms with Gasteiger partial charge >= 0.3 is 0 Å². The Bertz CT molecular complexity index is 472. The Balaban J connectivity index is 2.04. The van der Waals surface area contributed by atoms with E-state index in [2.05, 4.69) is 18.7 Å². The van der Waals surface area contributed by atoms with Crippen molar-refractivity contribution in [3.8, 4) is 0 Å². The number of nitro benzene ring substituents is 1. The highest BCUT2D eigenvalue weighted by molar-refractivity contribution is 5.35. The highest BCUT2D eigenvalue weighted by Gasteiger charge is 2.30. The molecular weight excluding hydrogens is 256 g/mol. The zero-order valence-corrected chi connectivity index (χ0v) is 12.0. The molecule has 1 saturated carbocycles. The fourth-order valence-electron chi connectivity index (χ4n) is 2.45. The van der Waals surface area contributed by atoms with E-state index in [9.17, 15) is 15.2 Å². The molecule has 0 amide bonds. The molecule has 2 rings (SSSR count). The summed E-state index contributed by atoms with van der Waals surface area (Å²) in [7, 11) is 0. The lowest BCUT2D eigenvalue weighted by Crippen LogP contribution is -2.34. The summed E-state index contributed by atoms with van der Waals surface area (Å²) < 4.78 is 0. The Kier molecular flexibility index (Phi) is 4.73. The zero-order valence-electron chi connectivity index (χ0n) is 12.0. The standard InChI is InChI=1S/C15H22N2O3/c1-11(2)9-16(13-6-7-13)10-15(18)12-4-3-5-14(8-12)17(19)20/h3-5,8,11,13,15,18H,6-7,9-10H2,1-2H3. The van der Waals surface area contributed by atoms with Crippen molar-refractivity contribution in [2.75, 3.05) is 13.1 Å². The number of hydrogen-bond acceptors (Lipinski definition) is 4. The number of nitro groups is 1. The lowest BCUT2D eigenvalue weighted by molar-refractivity contribution is -0.385. The Morgan fingerprint density at radius 1 is 1.40 bits per heavy atom. The molecule has 20 heavy (non-hydrogen) atoms. The van der Waals surface area contributed by atoms with Gasteiger partial charge in [-0.1, -0.05) is 26.0 Å². The van der Waals surface area contributed by atoms with E-state index in [4.69, 9.17) is 0 Å². The molecule has 5 nitrogen and oxygen atoms in total. The SMILES string of the molecule is CC(C)CN(CC(O)c1cccc([N+](=O)[O-])c1)C1CC1. The van der Waals surface area contributed by atoms with Crippen LogP contribution in [0.5, 0.6) is 0 Å². The van der Waals surface area contributed by atoms with E-state index in [-0.39, 0.29) is 5.69 Å². The zero-order chi connectivity index (χ0) is 14.7. The molecule has 1 aromatic rings. The van der Waals surface area contributed by atoms with Crippen LogP contribution in [0, 0.1) is 16.0 Å². The molecule has 1 aromatic carbocycles. The van der Waals surface area contributed by atoms with Crippen molar-refractivity contribution < 1.29 is 10.0 Å². The van der Waals surface area contributed by atoms with Gasteiger partial charge < -0.3 is 5.11 Å². The molecule has 0 heterocycles. The average Bonchev–Trinajstić information content (AvgIpc) is 3.21. The molecule has 0 aliphatic heterocycles. The fourth-order valence-corrected chi connectivity index (χ4v) is 2.45. The lowest BCUT2D eigenvalue weighted by Gasteiger charge is -2.26. The van der Waals surface area contributed by atoms with Crippen molar-refractivity contribution in [1.82, 2.24) is 4.90 Å². The molecule has 0 saturated heterocycles. The third kappa shape index (κ3) is 4.02. The van der Waals surface area contributed by atoms with E-state index < -0.39 is 11.0 Å². The largest absolute Gasteiger partial charge is 0.387 e. The van der Waals surface area contributed by atoms with Gasteiger partial charge in [-0.2, -0.15) is 0 Å². The van der Waals surface area contributed by atoms with E-state index >= 15 is 0 Å². The van der Waals surface area contributed by atoms with Gasteiger partial charge in [-0.05, 0) is 24.3 Å². The molecule has 0 bridgehead atoms. The fraction of sp³-hybridized carbons (Fsp3) is 0.600. The van der Waals surface area contributed by atoms with E-state index in [1.165, 1.54) is 25.0 Å². The van der Waals surface area contributed by atoms with Crippen LogP contribution in [0.3, 0.4) is 0 Å². The molecule has 1 unspecified atom stereocenters. The lowest BCUT2D eigenvalue weighted by atomic mass is 10.1. The van der Waals surface area contributed by atoms with Crippen molar-refractivity contribution in [2.24, 2.45) is 5.92 Å². The topological polar surface area (TPSA) is 66.6 Å². The first-order valence-electron chi connectivity index (χ1n) is 7.14. The number of rotatable bonds is 7. The van der Waals surface area contributed by atoms with Gasteiger partial charge in [0, 0.05) is 31.3 Å². The first-order chi connectivity index (χ1) is 9.47. The minimum absolute atomic E-state index is 0.0309. The third-order valence-electron chi connectivity index (χ3n) is 3.54. The van der Waals surface area contributed by atoms with Crippen LogP contribution in [-0.2, 0) is 0 Å². The predicted octanol–water partition coefficient (Wildman–Crippen LogP) is 2.75. The van der Waals surface area contributed by atoms with Crippen LogP contribution in [0.15, 0.2) is 24.3 Å². The Labute approximate surface area is 119 Å². The Morgan fingerprint density at radius 2 is 2.10 bits per heavy atom. The van der Waals surface area contributed by atoms with Gasteiger partial charge in [0.1, 0.15) is 0 Å². The molecule has 1 N–H and O–H groups in total. The Morgan fingerprint density at radius 3 is 2.65 bits per heavy atom. The number of nitrogens with zero attached hydrogens (tertiary/aromatic N) is 2. The quantitative estimate of drug-likeness (QED) is 0.615. The summed E-state index contributed by atoms with van der Waals surface area (Å²) in [5.41, 5.74) is 0.650. The number of non-ortho nitro benzene ring substituents is 1. The van der Waals surface area contributed by atoms with Crippen LogP contribution in [0.1, 0.15) is 38.4 Å². The summed E-state index contributed by atoms with van der Waals surface area (Å²) in [6.45, 7) is 5.82. The van der Waals surface area contributed by atoms with Crippen LogP contribution in [0.25, 0.3) is 0 Å². The monoisotopic (exact) mass is 278 g/mol. The normalized spacial score (nSPS) is 16.6. The average molecular weight is 278 g/mol. The van der Waals surface area contributed by atoms with Gasteiger partial charge in [0.2, 0.25) is 0 Å². The highest BCUT2D eigenvalue weighted by atomic mass is 16.6. The molecule has 1 aliphatic carbocycles. The maximum Gasteiger partial charge on any atom is 0.269 e. The summed E-state index contributed by atoms with van der Waals surface area (Å²) in [6, 6.07) is 6.86. The van der Waals surface area contributed by atoms with Gasteiger partial charge in [-0.3, -0.25) is 15.0 Å². The molecule has 1 atom stereocenters. The summed E-state index contributed by atoms with van der Waals surface area (Å²) in [5, 5.41) is 21.1. The van der Waals surface area contributed by atoms with Gasteiger partial charge in [-0.25, -0.2) is 0 Å². The van der Waals surface area contributed by atoms with Crippen molar-refractivity contribution in [1.29, 1.82) is 0 Å². The molecule has 0 radical (unpaired) electrons. The maximum atomic E-state index is 10.8. The van der Waals surface area contributed by atoms with Gasteiger partial charge in [0.25, 0.3) is 5.69 Å². The molecule has 0 aromatic heterocycles. The van der Waals surface area contributed by atoms with Crippen LogP contribution in [-0.4, -0.2) is 34.1 Å². The summed E-state index contributed by atoms with van der Waals surface area (Å²) >= 11 is 0. The minimum Gasteiger partial charge on any atom is -0.387 e. The van der Waals surface area contributed by atoms with Gasteiger partial charge in [-0.15, -0.1) is 0 Å². The van der Waals surface area contributed by atoms with Gasteiger partial charge in [0.15, 0.2) is 0 Å². The van der Waals surface area contributed by atoms with Crippen molar-refractivity contribution in [3.05, 3.63) is 39.9 Å². The number of benzene rings is 1. The smallest absolute Gasteiger partial charge is 0.269 e. The number of aliphatic hydroxyl groups excluding tert-OH is 1. The summed E-state index contributed by atoms with van der Waals surface area (Å²) in [5.74, 6) is 0.549.